The Hall–Kier alpha value is 0.310. The van der Waals surface area contributed by atoms with Crippen LogP contribution in [0.3, 0.4) is 0 Å². The molecule has 1 rings (SSSR count). The molecule has 1 aliphatic rings. The molecule has 0 aliphatic heterocycles. The summed E-state index contributed by atoms with van der Waals surface area (Å²) in [5.74, 6) is 1.22. The van der Waals surface area contributed by atoms with Crippen LogP contribution in [0, 0.1) is 0 Å². The van der Waals surface area contributed by atoms with E-state index in [2.05, 4.69) is 6.92 Å². The zero-order valence-electron chi connectivity index (χ0n) is 4.55. The van der Waals surface area contributed by atoms with Crippen molar-refractivity contribution in [2.24, 2.45) is 5.73 Å². The van der Waals surface area contributed by atoms with Crippen molar-refractivity contribution in [2.75, 3.05) is 5.75 Å². The highest BCUT2D eigenvalue weighted by Gasteiger charge is 2.32. The number of hydrogen-bond acceptors (Lipinski definition) is 2. The average Bonchev–Trinajstić information content (AvgIpc) is 2.22. The summed E-state index contributed by atoms with van der Waals surface area (Å²) in [4.78, 5) is 0. The standard InChI is InChI=1S/C5H11NS/c1-2-7-5-3-4(5)6/h4-5H,2-3,6H2,1H3. The van der Waals surface area contributed by atoms with Gasteiger partial charge in [-0.15, -0.1) is 0 Å². The van der Waals surface area contributed by atoms with Crippen LogP contribution in [0.15, 0.2) is 0 Å². The number of hydrogen-bond donors (Lipinski definition) is 1. The van der Waals surface area contributed by atoms with Crippen molar-refractivity contribution in [3.05, 3.63) is 0 Å². The highest BCUT2D eigenvalue weighted by molar-refractivity contribution is 8.00. The van der Waals surface area contributed by atoms with Crippen LogP contribution in [0.5, 0.6) is 0 Å². The van der Waals surface area contributed by atoms with Crippen molar-refractivity contribution in [3.63, 3.8) is 0 Å². The molecule has 0 bridgehead atoms. The molecule has 7 heavy (non-hydrogen) atoms. The van der Waals surface area contributed by atoms with Crippen LogP contribution in [-0.2, 0) is 0 Å². The molecule has 0 saturated heterocycles. The van der Waals surface area contributed by atoms with Crippen LogP contribution in [0.2, 0.25) is 0 Å². The Morgan fingerprint density at radius 1 is 1.86 bits per heavy atom. The fourth-order valence-electron chi connectivity index (χ4n) is 0.595. The molecule has 42 valence electrons. The second kappa shape index (κ2) is 2.05. The first-order chi connectivity index (χ1) is 3.34. The summed E-state index contributed by atoms with van der Waals surface area (Å²) in [6.07, 6.45) is 1.25. The summed E-state index contributed by atoms with van der Waals surface area (Å²) >= 11 is 1.98. The summed E-state index contributed by atoms with van der Waals surface area (Å²) in [5, 5.41) is 0.810. The zero-order valence-corrected chi connectivity index (χ0v) is 5.37. The highest BCUT2D eigenvalue weighted by atomic mass is 32.2. The van der Waals surface area contributed by atoms with Gasteiger partial charge in [-0.1, -0.05) is 6.92 Å². The van der Waals surface area contributed by atoms with E-state index in [0.717, 1.165) is 5.25 Å². The molecular formula is C5H11NS. The summed E-state index contributed by atoms with van der Waals surface area (Å²) < 4.78 is 0. The molecule has 0 aromatic heterocycles. The van der Waals surface area contributed by atoms with E-state index in [1.165, 1.54) is 12.2 Å². The van der Waals surface area contributed by atoms with E-state index in [9.17, 15) is 0 Å². The Kier molecular flexibility index (Phi) is 1.60. The van der Waals surface area contributed by atoms with E-state index in [0.29, 0.717) is 6.04 Å². The Bertz CT molecular complexity index is 65.1. The third-order valence-corrected chi connectivity index (χ3v) is 2.46. The van der Waals surface area contributed by atoms with Gasteiger partial charge in [0.05, 0.1) is 0 Å². The molecule has 0 radical (unpaired) electrons. The van der Waals surface area contributed by atoms with Crippen molar-refractivity contribution >= 4 is 11.8 Å². The normalized spacial score (nSPS) is 38.6. The topological polar surface area (TPSA) is 26.0 Å². The second-order valence-electron chi connectivity index (χ2n) is 1.89. The van der Waals surface area contributed by atoms with E-state index in [-0.39, 0.29) is 0 Å². The van der Waals surface area contributed by atoms with Crippen LogP contribution in [0.4, 0.5) is 0 Å². The Morgan fingerprint density at radius 3 is 2.57 bits per heavy atom. The molecule has 2 heteroatoms. The highest BCUT2D eigenvalue weighted by Crippen LogP contribution is 2.32. The lowest BCUT2D eigenvalue weighted by Gasteiger charge is -1.87. The van der Waals surface area contributed by atoms with Crippen molar-refractivity contribution in [2.45, 2.75) is 24.6 Å². The van der Waals surface area contributed by atoms with Gasteiger partial charge in [-0.05, 0) is 12.2 Å². The largest absolute Gasteiger partial charge is 0.327 e. The quantitative estimate of drug-likeness (QED) is 0.580. The first-order valence-electron chi connectivity index (χ1n) is 2.71. The monoisotopic (exact) mass is 117 g/mol. The average molecular weight is 117 g/mol. The van der Waals surface area contributed by atoms with Gasteiger partial charge in [0, 0.05) is 11.3 Å². The van der Waals surface area contributed by atoms with Crippen LogP contribution in [-0.4, -0.2) is 17.0 Å². The van der Waals surface area contributed by atoms with E-state index in [1.807, 2.05) is 11.8 Å². The molecule has 2 N–H and O–H groups in total. The van der Waals surface area contributed by atoms with Crippen LogP contribution >= 0.6 is 11.8 Å². The van der Waals surface area contributed by atoms with Crippen LogP contribution in [0.1, 0.15) is 13.3 Å². The van der Waals surface area contributed by atoms with Gasteiger partial charge >= 0.3 is 0 Å². The molecule has 0 amide bonds. The van der Waals surface area contributed by atoms with Crippen molar-refractivity contribution in [1.29, 1.82) is 0 Å². The first kappa shape index (κ1) is 5.45. The summed E-state index contributed by atoms with van der Waals surface area (Å²) in [7, 11) is 0. The third kappa shape index (κ3) is 1.35. The predicted molar refractivity (Wildman–Crippen MR) is 34.5 cm³/mol. The molecule has 0 heterocycles. The minimum atomic E-state index is 0.532. The Labute approximate surface area is 48.7 Å². The molecule has 1 nitrogen and oxygen atoms in total. The lowest BCUT2D eigenvalue weighted by molar-refractivity contribution is 1.07. The maximum absolute atomic E-state index is 5.53. The van der Waals surface area contributed by atoms with Crippen molar-refractivity contribution in [1.82, 2.24) is 0 Å². The van der Waals surface area contributed by atoms with E-state index in [4.69, 9.17) is 5.73 Å². The molecule has 0 spiro atoms. The minimum Gasteiger partial charge on any atom is -0.327 e. The number of rotatable bonds is 2. The fourth-order valence-corrected chi connectivity index (χ4v) is 1.63. The molecule has 1 fully saturated rings. The zero-order chi connectivity index (χ0) is 5.28. The summed E-state index contributed by atoms with van der Waals surface area (Å²) in [5.41, 5.74) is 5.53. The van der Waals surface area contributed by atoms with Gasteiger partial charge in [-0.2, -0.15) is 11.8 Å². The van der Waals surface area contributed by atoms with Crippen LogP contribution < -0.4 is 5.73 Å². The van der Waals surface area contributed by atoms with Gasteiger partial charge in [0.1, 0.15) is 0 Å². The summed E-state index contributed by atoms with van der Waals surface area (Å²) in [6.45, 7) is 2.18. The lowest BCUT2D eigenvalue weighted by atomic mass is 10.8. The SMILES string of the molecule is CCSC1CC1N. The predicted octanol–water partition coefficient (Wildman–Crippen LogP) is 0.839. The van der Waals surface area contributed by atoms with Gasteiger partial charge < -0.3 is 5.73 Å². The minimum absolute atomic E-state index is 0.532. The molecule has 2 unspecified atom stereocenters. The van der Waals surface area contributed by atoms with Gasteiger partial charge in [0.25, 0.3) is 0 Å². The van der Waals surface area contributed by atoms with E-state index in [1.54, 1.807) is 0 Å². The Balaban J connectivity index is 1.98. The number of thioether (sulfide) groups is 1. The second-order valence-corrected chi connectivity index (χ2v) is 3.41. The fraction of sp³-hybridized carbons (Fsp3) is 1.00. The molecular weight excluding hydrogens is 106 g/mol. The van der Waals surface area contributed by atoms with Crippen molar-refractivity contribution < 1.29 is 0 Å². The van der Waals surface area contributed by atoms with Crippen molar-refractivity contribution in [3.8, 4) is 0 Å². The molecule has 2 atom stereocenters. The Morgan fingerprint density at radius 2 is 2.43 bits per heavy atom. The van der Waals surface area contributed by atoms with Crippen LogP contribution in [0.25, 0.3) is 0 Å². The van der Waals surface area contributed by atoms with Gasteiger partial charge in [0.15, 0.2) is 0 Å². The molecule has 0 aromatic carbocycles. The maximum Gasteiger partial charge on any atom is 0.0214 e. The smallest absolute Gasteiger partial charge is 0.0214 e. The van der Waals surface area contributed by atoms with Gasteiger partial charge in [0.2, 0.25) is 0 Å². The maximum atomic E-state index is 5.53. The van der Waals surface area contributed by atoms with E-state index >= 15 is 0 Å². The van der Waals surface area contributed by atoms with E-state index < -0.39 is 0 Å². The molecule has 1 saturated carbocycles. The summed E-state index contributed by atoms with van der Waals surface area (Å²) in [6, 6.07) is 0.532. The molecule has 0 aromatic rings. The first-order valence-corrected chi connectivity index (χ1v) is 3.76. The third-order valence-electron chi connectivity index (χ3n) is 1.16. The van der Waals surface area contributed by atoms with Gasteiger partial charge in [-0.3, -0.25) is 0 Å². The van der Waals surface area contributed by atoms with Gasteiger partial charge in [-0.25, -0.2) is 0 Å². The number of nitrogens with two attached hydrogens (primary N) is 1. The lowest BCUT2D eigenvalue weighted by Crippen LogP contribution is -2.02. The molecule has 1 aliphatic carbocycles.